The van der Waals surface area contributed by atoms with Gasteiger partial charge < -0.3 is 25.4 Å². The number of carbonyl (C=O) groups excluding carboxylic acids is 2. The van der Waals surface area contributed by atoms with Crippen LogP contribution in [0.3, 0.4) is 0 Å². The summed E-state index contributed by atoms with van der Waals surface area (Å²) in [4.78, 5) is 36.7. The summed E-state index contributed by atoms with van der Waals surface area (Å²) in [5.74, 6) is 0.995. The van der Waals surface area contributed by atoms with Crippen molar-refractivity contribution in [2.75, 3.05) is 29.6 Å². The lowest BCUT2D eigenvalue weighted by Crippen LogP contribution is -2.25. The van der Waals surface area contributed by atoms with Crippen molar-refractivity contribution in [2.24, 2.45) is 13.0 Å². The first kappa shape index (κ1) is 18.3. The minimum Gasteiger partial charge on any atom is -0.365 e. The Hall–Kier alpha value is -4.02. The average molecular weight is 477 g/mol. The van der Waals surface area contributed by atoms with Gasteiger partial charge in [-0.15, -0.1) is 10.2 Å². The van der Waals surface area contributed by atoms with E-state index in [2.05, 4.69) is 42.3 Å². The molecule has 11 nitrogen and oxygen atoms in total. The zero-order chi connectivity index (χ0) is 26.8. The number of hydrogen-bond donors (Lipinski definition) is 3. The molecule has 0 spiro atoms. The summed E-state index contributed by atoms with van der Waals surface area (Å²) >= 11 is 0. The summed E-state index contributed by atoms with van der Waals surface area (Å²) in [6.45, 7) is -2.10. The Bertz CT molecular complexity index is 1460. The number of fused-ring (bicyclic) bond motifs is 3. The third-order valence-corrected chi connectivity index (χ3v) is 6.71. The fourth-order valence-corrected chi connectivity index (χ4v) is 4.56. The van der Waals surface area contributed by atoms with Crippen LogP contribution in [0.5, 0.6) is 0 Å². The Morgan fingerprint density at radius 3 is 2.74 bits per heavy atom. The first-order valence-electron chi connectivity index (χ1n) is 13.1. The van der Waals surface area contributed by atoms with Gasteiger partial charge in [-0.2, -0.15) is 0 Å². The fourth-order valence-electron chi connectivity index (χ4n) is 4.56. The zero-order valence-corrected chi connectivity index (χ0v) is 19.4. The number of anilines is 4. The highest BCUT2D eigenvalue weighted by Gasteiger charge is 2.34. The highest BCUT2D eigenvalue weighted by atomic mass is 16.2. The van der Waals surface area contributed by atoms with Crippen LogP contribution < -0.4 is 20.9 Å². The van der Waals surface area contributed by atoms with E-state index in [1.54, 1.807) is 6.20 Å². The Kier molecular flexibility index (Phi) is 4.21. The maximum absolute atomic E-state index is 12.8. The highest BCUT2D eigenvalue weighted by molar-refractivity contribution is 6.00. The Morgan fingerprint density at radius 2 is 2.00 bits per heavy atom. The lowest BCUT2D eigenvalue weighted by Gasteiger charge is -2.29. The van der Waals surface area contributed by atoms with E-state index in [0.717, 1.165) is 54.1 Å². The number of nitrogens with one attached hydrogen (secondary N) is 3. The predicted octanol–water partition coefficient (Wildman–Crippen LogP) is 2.55. The molecule has 3 N–H and O–H groups in total. The normalized spacial score (nSPS) is 18.0. The molecule has 4 heterocycles. The van der Waals surface area contributed by atoms with E-state index in [4.69, 9.17) is 9.10 Å². The van der Waals surface area contributed by atoms with Gasteiger partial charge in [0.25, 0.3) is 5.91 Å². The molecule has 0 unspecified atom stereocenters. The molecule has 2 fully saturated rings. The fraction of sp³-hybridized carbons (Fsp3) is 0.417. The molecule has 35 heavy (non-hydrogen) atoms. The largest absolute Gasteiger partial charge is 0.365 e. The smallest absolute Gasteiger partial charge is 0.273 e. The molecule has 3 aromatic heterocycles. The molecule has 2 amide bonds. The second-order valence-corrected chi connectivity index (χ2v) is 9.34. The van der Waals surface area contributed by atoms with Gasteiger partial charge in [0.05, 0.1) is 29.3 Å². The van der Waals surface area contributed by atoms with E-state index in [-0.39, 0.29) is 29.0 Å². The molecule has 3 aliphatic rings. The van der Waals surface area contributed by atoms with Crippen molar-refractivity contribution in [2.45, 2.75) is 38.1 Å². The lowest BCUT2D eigenvalue weighted by atomic mass is 10.0. The van der Waals surface area contributed by atoms with Crippen LogP contribution in [0.15, 0.2) is 18.3 Å². The number of nitrogens with zero attached hydrogens (tertiary/aromatic N) is 6. The van der Waals surface area contributed by atoms with Crippen LogP contribution in [0.25, 0.3) is 11.3 Å². The lowest BCUT2D eigenvalue weighted by molar-refractivity contribution is -0.117. The summed E-state index contributed by atoms with van der Waals surface area (Å²) in [5.41, 5.74) is 3.62. The number of carbonyl (C=O) groups is 2. The molecule has 0 atom stereocenters. The van der Waals surface area contributed by atoms with Gasteiger partial charge in [-0.1, -0.05) is 0 Å². The van der Waals surface area contributed by atoms with Gasteiger partial charge >= 0.3 is 0 Å². The minimum atomic E-state index is -2.71. The third-order valence-electron chi connectivity index (χ3n) is 6.71. The van der Waals surface area contributed by atoms with Gasteiger partial charge in [-0.3, -0.25) is 9.59 Å². The van der Waals surface area contributed by atoms with Crippen LogP contribution in [0.4, 0.5) is 23.0 Å². The maximum Gasteiger partial charge on any atom is 0.273 e. The van der Waals surface area contributed by atoms with Crippen molar-refractivity contribution in [1.29, 1.82) is 0 Å². The van der Waals surface area contributed by atoms with E-state index in [1.807, 2.05) is 18.4 Å². The van der Waals surface area contributed by atoms with Crippen LogP contribution >= 0.6 is 0 Å². The molecule has 0 radical (unpaired) electrons. The second-order valence-electron chi connectivity index (χ2n) is 9.34. The number of hydrogen-bond acceptors (Lipinski definition) is 8. The summed E-state index contributed by atoms with van der Waals surface area (Å²) in [6, 6.07) is 3.37. The van der Waals surface area contributed by atoms with Crippen molar-refractivity contribution < 1.29 is 13.7 Å². The quantitative estimate of drug-likeness (QED) is 0.495. The summed E-state index contributed by atoms with van der Waals surface area (Å²) < 4.78 is 24.4. The molecule has 180 valence electrons. The molecule has 11 heteroatoms. The van der Waals surface area contributed by atoms with Gasteiger partial charge in [0, 0.05) is 54.8 Å². The summed E-state index contributed by atoms with van der Waals surface area (Å²) in [6.07, 6.45) is 5.57. The Balaban J connectivity index is 1.39. The van der Waals surface area contributed by atoms with E-state index >= 15 is 0 Å². The maximum atomic E-state index is 12.8. The standard InChI is InChI=1S/C24H27N9O2/c1-25-24(35)19-15(10-17(30-31-19)28-23(34)13-6-7-13)27-21-20-14(8-9-26-21)18-16(11-32(20)2)33(3)22(29-18)12-4-5-12/h8-10,12-13H,4-7,11H2,1-3H3,(H,25,35)(H2,26,27,28,30,34)/i1D3. The van der Waals surface area contributed by atoms with Crippen LogP contribution in [0.2, 0.25) is 0 Å². The van der Waals surface area contributed by atoms with Gasteiger partial charge in [-0.25, -0.2) is 9.97 Å². The molecule has 2 aliphatic carbocycles. The van der Waals surface area contributed by atoms with Crippen molar-refractivity contribution in [1.82, 2.24) is 30.0 Å². The van der Waals surface area contributed by atoms with E-state index < -0.39 is 12.9 Å². The number of amides is 2. The Labute approximate surface area is 206 Å². The molecule has 3 aromatic rings. The molecule has 1 aliphatic heterocycles. The molecule has 0 saturated heterocycles. The average Bonchev–Trinajstić information content (AvgIpc) is 3.77. The second kappa shape index (κ2) is 8.03. The number of rotatable bonds is 6. The van der Waals surface area contributed by atoms with Crippen molar-refractivity contribution >= 4 is 34.8 Å². The summed E-state index contributed by atoms with van der Waals surface area (Å²) in [7, 11) is 4.00. The first-order valence-corrected chi connectivity index (χ1v) is 11.6. The topological polar surface area (TPSA) is 130 Å². The molecular weight excluding hydrogens is 446 g/mol. The van der Waals surface area contributed by atoms with Crippen molar-refractivity contribution in [3.63, 3.8) is 0 Å². The molecule has 0 bridgehead atoms. The van der Waals surface area contributed by atoms with Gasteiger partial charge in [0.15, 0.2) is 17.3 Å². The SMILES string of the molecule is [2H]C([2H])([2H])NC(=O)c1nnc(NC(=O)C2CC2)cc1Nc1nccc2c1N(C)Cc1c-2nc(C2CC2)n1C. The number of pyridine rings is 1. The molecule has 6 rings (SSSR count). The van der Waals surface area contributed by atoms with Crippen molar-refractivity contribution in [3.05, 3.63) is 35.5 Å². The third kappa shape index (κ3) is 3.76. The summed E-state index contributed by atoms with van der Waals surface area (Å²) in [5, 5.41) is 15.7. The van der Waals surface area contributed by atoms with Crippen LogP contribution in [-0.4, -0.2) is 50.6 Å². The van der Waals surface area contributed by atoms with E-state index in [9.17, 15) is 9.59 Å². The molecule has 2 saturated carbocycles. The molecule has 0 aromatic carbocycles. The van der Waals surface area contributed by atoms with Crippen LogP contribution in [0.1, 0.15) is 57.7 Å². The predicted molar refractivity (Wildman–Crippen MR) is 131 cm³/mol. The number of aromatic nitrogens is 5. The van der Waals surface area contributed by atoms with Crippen LogP contribution in [-0.2, 0) is 18.4 Å². The Morgan fingerprint density at radius 1 is 1.17 bits per heavy atom. The number of imidazole rings is 1. The highest BCUT2D eigenvalue weighted by Crippen LogP contribution is 2.46. The van der Waals surface area contributed by atoms with E-state index in [0.29, 0.717) is 18.3 Å². The van der Waals surface area contributed by atoms with Gasteiger partial charge in [0.2, 0.25) is 5.91 Å². The van der Waals surface area contributed by atoms with Gasteiger partial charge in [0.1, 0.15) is 5.82 Å². The first-order chi connectivity index (χ1) is 18.1. The zero-order valence-electron chi connectivity index (χ0n) is 22.4. The monoisotopic (exact) mass is 476 g/mol. The molecular formula is C24H27N9O2. The minimum absolute atomic E-state index is 0.0590. The van der Waals surface area contributed by atoms with Gasteiger partial charge in [-0.05, 0) is 31.7 Å². The van der Waals surface area contributed by atoms with Crippen molar-refractivity contribution in [3.8, 4) is 11.3 Å². The van der Waals surface area contributed by atoms with Crippen LogP contribution in [0, 0.1) is 5.92 Å². The van der Waals surface area contributed by atoms with E-state index in [1.165, 1.54) is 6.07 Å².